The Labute approximate surface area is 60.6 Å². The van der Waals surface area contributed by atoms with E-state index in [2.05, 4.69) is 22.9 Å². The summed E-state index contributed by atoms with van der Waals surface area (Å²) in [5.41, 5.74) is 7.01. The van der Waals surface area contributed by atoms with Crippen molar-refractivity contribution in [3.8, 4) is 0 Å². The van der Waals surface area contributed by atoms with Gasteiger partial charge in [0.2, 0.25) is 0 Å². The van der Waals surface area contributed by atoms with E-state index < -0.39 is 0 Å². The largest absolute Gasteiger partial charge is 0.351 e. The van der Waals surface area contributed by atoms with Crippen LogP contribution >= 0.6 is 0 Å². The highest BCUT2D eigenvalue weighted by molar-refractivity contribution is 5.16. The smallest absolute Gasteiger partial charge is 0.0229 e. The summed E-state index contributed by atoms with van der Waals surface area (Å²) in [5, 5.41) is 0. The molecule has 0 saturated carbocycles. The second kappa shape index (κ2) is 2.13. The van der Waals surface area contributed by atoms with Crippen LogP contribution < -0.4 is 5.73 Å². The van der Waals surface area contributed by atoms with Gasteiger partial charge in [0.1, 0.15) is 0 Å². The van der Waals surface area contributed by atoms with Crippen LogP contribution in [-0.4, -0.2) is 11.1 Å². The first kappa shape index (κ1) is 5.98. The molecular formula is C8H12N2. The SMILES string of the molecule is NC[C@@H]1CCn2cccc21. The Morgan fingerprint density at radius 1 is 1.70 bits per heavy atom. The highest BCUT2D eigenvalue weighted by Crippen LogP contribution is 2.26. The molecule has 1 atom stereocenters. The first-order chi connectivity index (χ1) is 4.92. The molecule has 0 radical (unpaired) electrons. The van der Waals surface area contributed by atoms with Crippen molar-refractivity contribution in [1.82, 2.24) is 4.57 Å². The lowest BCUT2D eigenvalue weighted by Gasteiger charge is -2.02. The van der Waals surface area contributed by atoms with Gasteiger partial charge < -0.3 is 10.3 Å². The van der Waals surface area contributed by atoms with Gasteiger partial charge in [0.25, 0.3) is 0 Å². The van der Waals surface area contributed by atoms with E-state index in [1.165, 1.54) is 12.1 Å². The monoisotopic (exact) mass is 136 g/mol. The van der Waals surface area contributed by atoms with E-state index in [0.717, 1.165) is 13.1 Å². The Kier molecular flexibility index (Phi) is 1.27. The zero-order valence-corrected chi connectivity index (χ0v) is 5.96. The molecule has 0 amide bonds. The summed E-state index contributed by atoms with van der Waals surface area (Å²) in [6, 6.07) is 4.27. The van der Waals surface area contributed by atoms with Crippen molar-refractivity contribution in [3.63, 3.8) is 0 Å². The molecule has 0 bridgehead atoms. The van der Waals surface area contributed by atoms with Gasteiger partial charge >= 0.3 is 0 Å². The highest BCUT2D eigenvalue weighted by atomic mass is 15.0. The summed E-state index contributed by atoms with van der Waals surface area (Å²) in [4.78, 5) is 0. The Morgan fingerprint density at radius 3 is 3.40 bits per heavy atom. The molecule has 2 heterocycles. The molecule has 1 aromatic heterocycles. The third-order valence-electron chi connectivity index (χ3n) is 2.29. The van der Waals surface area contributed by atoms with Crippen LogP contribution in [0.3, 0.4) is 0 Å². The van der Waals surface area contributed by atoms with Gasteiger partial charge in [-0.1, -0.05) is 0 Å². The molecule has 0 fully saturated rings. The molecule has 1 aliphatic heterocycles. The van der Waals surface area contributed by atoms with Crippen molar-refractivity contribution in [2.45, 2.75) is 18.9 Å². The Hall–Kier alpha value is -0.760. The molecule has 0 saturated heterocycles. The van der Waals surface area contributed by atoms with Crippen LogP contribution in [0.2, 0.25) is 0 Å². The fraction of sp³-hybridized carbons (Fsp3) is 0.500. The molecule has 0 unspecified atom stereocenters. The number of nitrogens with zero attached hydrogens (tertiary/aromatic N) is 1. The van der Waals surface area contributed by atoms with E-state index in [1.807, 2.05) is 0 Å². The van der Waals surface area contributed by atoms with E-state index in [1.54, 1.807) is 0 Å². The molecule has 54 valence electrons. The number of rotatable bonds is 1. The fourth-order valence-corrected chi connectivity index (χ4v) is 1.68. The fourth-order valence-electron chi connectivity index (χ4n) is 1.68. The molecule has 10 heavy (non-hydrogen) atoms. The number of nitrogens with two attached hydrogens (primary N) is 1. The Bertz CT molecular complexity index is 227. The number of aromatic nitrogens is 1. The van der Waals surface area contributed by atoms with Crippen LogP contribution in [0.15, 0.2) is 18.3 Å². The van der Waals surface area contributed by atoms with Crippen molar-refractivity contribution < 1.29 is 0 Å². The molecule has 2 nitrogen and oxygen atoms in total. The van der Waals surface area contributed by atoms with E-state index in [9.17, 15) is 0 Å². The van der Waals surface area contributed by atoms with E-state index in [-0.39, 0.29) is 0 Å². The van der Waals surface area contributed by atoms with Gasteiger partial charge in [0, 0.05) is 30.9 Å². The van der Waals surface area contributed by atoms with E-state index in [4.69, 9.17) is 5.73 Å². The van der Waals surface area contributed by atoms with Crippen molar-refractivity contribution in [1.29, 1.82) is 0 Å². The lowest BCUT2D eigenvalue weighted by molar-refractivity contribution is 0.668. The zero-order chi connectivity index (χ0) is 6.97. The second-order valence-corrected chi connectivity index (χ2v) is 2.85. The summed E-state index contributed by atoms with van der Waals surface area (Å²) in [7, 11) is 0. The summed E-state index contributed by atoms with van der Waals surface area (Å²) in [6.45, 7) is 1.95. The van der Waals surface area contributed by atoms with Crippen molar-refractivity contribution in [3.05, 3.63) is 24.0 Å². The molecule has 2 rings (SSSR count). The Morgan fingerprint density at radius 2 is 2.60 bits per heavy atom. The molecule has 0 aromatic carbocycles. The standard InChI is InChI=1S/C8H12N2/c9-6-7-3-5-10-4-1-2-8(7)10/h1-2,4,7H,3,5-6,9H2/t7-/m0/s1. The molecule has 0 aliphatic carbocycles. The predicted molar refractivity (Wildman–Crippen MR) is 40.8 cm³/mol. The van der Waals surface area contributed by atoms with Crippen LogP contribution in [0.25, 0.3) is 0 Å². The minimum atomic E-state index is 0.620. The molecule has 0 spiro atoms. The summed E-state index contributed by atoms with van der Waals surface area (Å²) in [5.74, 6) is 0.620. The topological polar surface area (TPSA) is 30.9 Å². The number of aryl methyl sites for hydroxylation is 1. The Balaban J connectivity index is 2.34. The van der Waals surface area contributed by atoms with Crippen molar-refractivity contribution in [2.75, 3.05) is 6.54 Å². The predicted octanol–water partition coefficient (Wildman–Crippen LogP) is 0.934. The maximum absolute atomic E-state index is 5.59. The number of hydrogen-bond donors (Lipinski definition) is 1. The minimum Gasteiger partial charge on any atom is -0.351 e. The molecule has 2 N–H and O–H groups in total. The van der Waals surface area contributed by atoms with Crippen LogP contribution in [0.1, 0.15) is 18.0 Å². The average molecular weight is 136 g/mol. The van der Waals surface area contributed by atoms with E-state index in [0.29, 0.717) is 5.92 Å². The van der Waals surface area contributed by atoms with Crippen LogP contribution in [-0.2, 0) is 6.54 Å². The van der Waals surface area contributed by atoms with Crippen LogP contribution in [0.5, 0.6) is 0 Å². The minimum absolute atomic E-state index is 0.620. The van der Waals surface area contributed by atoms with Crippen molar-refractivity contribution >= 4 is 0 Å². The van der Waals surface area contributed by atoms with Gasteiger partial charge in [-0.15, -0.1) is 0 Å². The number of fused-ring (bicyclic) bond motifs is 1. The maximum atomic E-state index is 5.59. The molecule has 1 aliphatic rings. The van der Waals surface area contributed by atoms with Gasteiger partial charge in [0.15, 0.2) is 0 Å². The second-order valence-electron chi connectivity index (χ2n) is 2.85. The van der Waals surface area contributed by atoms with Gasteiger partial charge in [-0.3, -0.25) is 0 Å². The van der Waals surface area contributed by atoms with Gasteiger partial charge in [-0.2, -0.15) is 0 Å². The first-order valence-electron chi connectivity index (χ1n) is 3.77. The third-order valence-corrected chi connectivity index (χ3v) is 2.29. The molecular weight excluding hydrogens is 124 g/mol. The summed E-state index contributed by atoms with van der Waals surface area (Å²) in [6.07, 6.45) is 3.36. The first-order valence-corrected chi connectivity index (χ1v) is 3.77. The van der Waals surface area contributed by atoms with E-state index >= 15 is 0 Å². The van der Waals surface area contributed by atoms with Gasteiger partial charge in [-0.05, 0) is 18.6 Å². The zero-order valence-electron chi connectivity index (χ0n) is 5.96. The molecule has 2 heteroatoms. The normalized spacial score (nSPS) is 23.1. The quantitative estimate of drug-likeness (QED) is 0.612. The van der Waals surface area contributed by atoms with Gasteiger partial charge in [0.05, 0.1) is 0 Å². The lowest BCUT2D eigenvalue weighted by atomic mass is 10.1. The summed E-state index contributed by atoms with van der Waals surface area (Å²) < 4.78 is 2.29. The lowest BCUT2D eigenvalue weighted by Crippen LogP contribution is -2.08. The van der Waals surface area contributed by atoms with Crippen molar-refractivity contribution in [2.24, 2.45) is 5.73 Å². The van der Waals surface area contributed by atoms with Crippen LogP contribution in [0, 0.1) is 0 Å². The molecule has 1 aromatic rings. The number of hydrogen-bond acceptors (Lipinski definition) is 1. The summed E-state index contributed by atoms with van der Waals surface area (Å²) >= 11 is 0. The maximum Gasteiger partial charge on any atom is 0.0229 e. The third kappa shape index (κ3) is 0.688. The highest BCUT2D eigenvalue weighted by Gasteiger charge is 2.19. The van der Waals surface area contributed by atoms with Gasteiger partial charge in [-0.25, -0.2) is 0 Å². The average Bonchev–Trinajstić information content (AvgIpc) is 2.44. The van der Waals surface area contributed by atoms with Crippen LogP contribution in [0.4, 0.5) is 0 Å².